The van der Waals surface area contributed by atoms with Crippen molar-refractivity contribution in [3.63, 3.8) is 0 Å². The van der Waals surface area contributed by atoms with E-state index in [0.717, 1.165) is 26.3 Å². The van der Waals surface area contributed by atoms with Gasteiger partial charge in [-0.2, -0.15) is 0 Å². The van der Waals surface area contributed by atoms with E-state index in [1.807, 2.05) is 0 Å². The summed E-state index contributed by atoms with van der Waals surface area (Å²) in [5.41, 5.74) is 3.97. The van der Waals surface area contributed by atoms with Crippen molar-refractivity contribution in [2.75, 3.05) is 26.4 Å². The highest BCUT2D eigenvalue weighted by atomic mass is 16.6. The van der Waals surface area contributed by atoms with Crippen LogP contribution in [0.4, 0.5) is 0 Å². The van der Waals surface area contributed by atoms with Crippen molar-refractivity contribution < 1.29 is 9.47 Å². The standard InChI is InChI=1S/C14H21NO2/c1-11-5-12(2)7-13(6-11)8-15-9-14-10-16-3-4-17-14/h5-7,14-15H,3-4,8-10H2,1-2H3. The summed E-state index contributed by atoms with van der Waals surface area (Å²) >= 11 is 0. The molecule has 3 nitrogen and oxygen atoms in total. The van der Waals surface area contributed by atoms with Gasteiger partial charge in [0.1, 0.15) is 0 Å². The zero-order valence-corrected chi connectivity index (χ0v) is 10.7. The van der Waals surface area contributed by atoms with Crippen molar-refractivity contribution in [3.05, 3.63) is 34.9 Å². The van der Waals surface area contributed by atoms with Crippen molar-refractivity contribution in [2.45, 2.75) is 26.5 Å². The molecule has 0 aliphatic carbocycles. The zero-order chi connectivity index (χ0) is 12.1. The van der Waals surface area contributed by atoms with Crippen LogP contribution in [0.5, 0.6) is 0 Å². The molecule has 1 fully saturated rings. The third-order valence-electron chi connectivity index (χ3n) is 2.87. The van der Waals surface area contributed by atoms with Crippen molar-refractivity contribution in [3.8, 4) is 0 Å². The summed E-state index contributed by atoms with van der Waals surface area (Å²) in [6.45, 7) is 8.17. The normalized spacial score (nSPS) is 20.5. The van der Waals surface area contributed by atoms with Crippen molar-refractivity contribution in [2.24, 2.45) is 0 Å². The molecule has 1 aromatic carbocycles. The first-order valence-corrected chi connectivity index (χ1v) is 6.21. The van der Waals surface area contributed by atoms with E-state index in [1.165, 1.54) is 16.7 Å². The minimum atomic E-state index is 0.203. The molecule has 1 N–H and O–H groups in total. The Morgan fingerprint density at radius 2 is 1.94 bits per heavy atom. The van der Waals surface area contributed by atoms with Crippen LogP contribution in [0, 0.1) is 13.8 Å². The van der Waals surface area contributed by atoms with E-state index in [1.54, 1.807) is 0 Å². The summed E-state index contributed by atoms with van der Waals surface area (Å²) in [7, 11) is 0. The molecule has 2 rings (SSSR count). The molecule has 1 heterocycles. The van der Waals surface area contributed by atoms with Crippen LogP contribution in [-0.2, 0) is 16.0 Å². The van der Waals surface area contributed by atoms with E-state index in [9.17, 15) is 0 Å². The van der Waals surface area contributed by atoms with Gasteiger partial charge in [0.2, 0.25) is 0 Å². The third-order valence-corrected chi connectivity index (χ3v) is 2.87. The molecule has 1 saturated heterocycles. The summed E-state index contributed by atoms with van der Waals surface area (Å²) in [5.74, 6) is 0. The fourth-order valence-electron chi connectivity index (χ4n) is 2.20. The summed E-state index contributed by atoms with van der Waals surface area (Å²) in [6, 6.07) is 6.64. The van der Waals surface area contributed by atoms with E-state index in [0.29, 0.717) is 6.61 Å². The molecule has 17 heavy (non-hydrogen) atoms. The van der Waals surface area contributed by atoms with E-state index >= 15 is 0 Å². The maximum atomic E-state index is 5.58. The number of rotatable bonds is 4. The number of hydrogen-bond donors (Lipinski definition) is 1. The van der Waals surface area contributed by atoms with E-state index in [-0.39, 0.29) is 6.10 Å². The fourth-order valence-corrected chi connectivity index (χ4v) is 2.20. The Hall–Kier alpha value is -0.900. The first kappa shape index (κ1) is 12.6. The van der Waals surface area contributed by atoms with Gasteiger partial charge in [-0.05, 0) is 19.4 Å². The Kier molecular flexibility index (Phi) is 4.54. The molecule has 1 unspecified atom stereocenters. The molecule has 94 valence electrons. The van der Waals surface area contributed by atoms with Crippen molar-refractivity contribution in [1.29, 1.82) is 0 Å². The van der Waals surface area contributed by atoms with Crippen LogP contribution in [0.2, 0.25) is 0 Å². The Balaban J connectivity index is 1.77. The highest BCUT2D eigenvalue weighted by Crippen LogP contribution is 2.08. The second-order valence-electron chi connectivity index (χ2n) is 4.69. The minimum Gasteiger partial charge on any atom is -0.376 e. The van der Waals surface area contributed by atoms with Gasteiger partial charge in [0.15, 0.2) is 0 Å². The first-order chi connectivity index (χ1) is 8.24. The lowest BCUT2D eigenvalue weighted by molar-refractivity contribution is -0.0864. The lowest BCUT2D eigenvalue weighted by Gasteiger charge is -2.23. The van der Waals surface area contributed by atoms with Crippen molar-refractivity contribution >= 4 is 0 Å². The highest BCUT2D eigenvalue weighted by Gasteiger charge is 2.13. The van der Waals surface area contributed by atoms with Gasteiger partial charge in [-0.1, -0.05) is 29.3 Å². The molecule has 0 saturated carbocycles. The monoisotopic (exact) mass is 235 g/mol. The smallest absolute Gasteiger partial charge is 0.0933 e. The Bertz CT molecular complexity index is 339. The fraction of sp³-hybridized carbons (Fsp3) is 0.571. The van der Waals surface area contributed by atoms with Crippen LogP contribution < -0.4 is 5.32 Å². The Morgan fingerprint density at radius 1 is 1.18 bits per heavy atom. The second-order valence-corrected chi connectivity index (χ2v) is 4.69. The molecule has 0 bridgehead atoms. The van der Waals surface area contributed by atoms with Crippen molar-refractivity contribution in [1.82, 2.24) is 5.32 Å². The summed E-state index contributed by atoms with van der Waals surface area (Å²) in [5, 5.41) is 3.42. The molecular formula is C14H21NO2. The third kappa shape index (κ3) is 4.11. The van der Waals surface area contributed by atoms with Gasteiger partial charge in [0.25, 0.3) is 0 Å². The van der Waals surface area contributed by atoms with Gasteiger partial charge in [0.05, 0.1) is 25.9 Å². The summed E-state index contributed by atoms with van der Waals surface area (Å²) in [4.78, 5) is 0. The van der Waals surface area contributed by atoms with Gasteiger partial charge < -0.3 is 14.8 Å². The Labute approximate surface area is 103 Å². The quantitative estimate of drug-likeness (QED) is 0.863. The van der Waals surface area contributed by atoms with E-state index in [2.05, 4.69) is 37.4 Å². The van der Waals surface area contributed by atoms with Gasteiger partial charge in [-0.15, -0.1) is 0 Å². The predicted octanol–water partition coefficient (Wildman–Crippen LogP) is 1.81. The average molecular weight is 235 g/mol. The van der Waals surface area contributed by atoms with Crippen LogP contribution in [0.1, 0.15) is 16.7 Å². The maximum Gasteiger partial charge on any atom is 0.0933 e. The number of hydrogen-bond acceptors (Lipinski definition) is 3. The number of nitrogens with one attached hydrogen (secondary N) is 1. The Morgan fingerprint density at radius 3 is 2.59 bits per heavy atom. The number of benzene rings is 1. The van der Waals surface area contributed by atoms with Gasteiger partial charge >= 0.3 is 0 Å². The number of aryl methyl sites for hydroxylation is 2. The lowest BCUT2D eigenvalue weighted by Crippen LogP contribution is -2.37. The molecule has 1 aliphatic heterocycles. The molecule has 0 amide bonds. The molecule has 3 heteroatoms. The zero-order valence-electron chi connectivity index (χ0n) is 10.7. The SMILES string of the molecule is Cc1cc(C)cc(CNCC2COCCO2)c1. The van der Waals surface area contributed by atoms with Gasteiger partial charge in [-0.3, -0.25) is 0 Å². The molecule has 0 spiro atoms. The predicted molar refractivity (Wildman–Crippen MR) is 68.2 cm³/mol. The molecule has 1 atom stereocenters. The molecule has 0 radical (unpaired) electrons. The maximum absolute atomic E-state index is 5.58. The van der Waals surface area contributed by atoms with E-state index < -0.39 is 0 Å². The lowest BCUT2D eigenvalue weighted by atomic mass is 10.1. The van der Waals surface area contributed by atoms with Crippen LogP contribution in [0.3, 0.4) is 0 Å². The van der Waals surface area contributed by atoms with Crippen LogP contribution in [-0.4, -0.2) is 32.5 Å². The first-order valence-electron chi connectivity index (χ1n) is 6.21. The van der Waals surface area contributed by atoms with Crippen LogP contribution >= 0.6 is 0 Å². The minimum absolute atomic E-state index is 0.203. The summed E-state index contributed by atoms with van der Waals surface area (Å²) in [6.07, 6.45) is 0.203. The largest absolute Gasteiger partial charge is 0.376 e. The van der Waals surface area contributed by atoms with Crippen LogP contribution in [0.25, 0.3) is 0 Å². The highest BCUT2D eigenvalue weighted by molar-refractivity contribution is 5.28. The van der Waals surface area contributed by atoms with Gasteiger partial charge in [-0.25, -0.2) is 0 Å². The van der Waals surface area contributed by atoms with Crippen LogP contribution in [0.15, 0.2) is 18.2 Å². The average Bonchev–Trinajstić information content (AvgIpc) is 2.29. The molecule has 1 aliphatic rings. The number of ether oxygens (including phenoxy) is 2. The van der Waals surface area contributed by atoms with E-state index in [4.69, 9.17) is 9.47 Å². The molecule has 0 aromatic heterocycles. The van der Waals surface area contributed by atoms with Gasteiger partial charge in [0, 0.05) is 13.1 Å². The molecular weight excluding hydrogens is 214 g/mol. The second kappa shape index (κ2) is 6.15. The molecule has 1 aromatic rings. The summed E-state index contributed by atoms with van der Waals surface area (Å²) < 4.78 is 10.9. The topological polar surface area (TPSA) is 30.5 Å².